The zero-order chi connectivity index (χ0) is 19.6. The maximum Gasteiger partial charge on any atom is 0.234 e. The highest BCUT2D eigenvalue weighted by atomic mass is 32.2. The first kappa shape index (κ1) is 19.9. The van der Waals surface area contributed by atoms with Crippen LogP contribution >= 0.6 is 11.8 Å². The molecule has 7 nitrogen and oxygen atoms in total. The molecule has 0 saturated carbocycles. The summed E-state index contributed by atoms with van der Waals surface area (Å²) in [6, 6.07) is 5.90. The van der Waals surface area contributed by atoms with Crippen molar-refractivity contribution in [2.24, 2.45) is 13.0 Å². The minimum absolute atomic E-state index is 0.0937. The van der Waals surface area contributed by atoms with E-state index < -0.39 is 9.84 Å². The predicted molar refractivity (Wildman–Crippen MR) is 107 cm³/mol. The average Bonchev–Trinajstić information content (AvgIpc) is 3.12. The number of sulfone groups is 1. The highest BCUT2D eigenvalue weighted by Gasteiger charge is 2.29. The first-order valence-corrected chi connectivity index (χ1v) is 11.6. The van der Waals surface area contributed by atoms with Gasteiger partial charge in [0, 0.05) is 19.2 Å². The van der Waals surface area contributed by atoms with Crippen molar-refractivity contribution in [3.63, 3.8) is 0 Å². The van der Waals surface area contributed by atoms with Gasteiger partial charge in [-0.15, -0.1) is 10.2 Å². The molecule has 2 aromatic rings. The van der Waals surface area contributed by atoms with Gasteiger partial charge < -0.3 is 9.88 Å². The van der Waals surface area contributed by atoms with Crippen molar-refractivity contribution in [2.75, 3.05) is 22.6 Å². The Labute approximate surface area is 163 Å². The summed E-state index contributed by atoms with van der Waals surface area (Å²) in [6.07, 6.45) is 1.27. The van der Waals surface area contributed by atoms with Crippen LogP contribution in [0.2, 0.25) is 0 Å². The summed E-state index contributed by atoms with van der Waals surface area (Å²) in [5.74, 6) is 1.48. The molecule has 0 radical (unpaired) electrons. The number of carbonyl (C=O) groups is 1. The van der Waals surface area contributed by atoms with Gasteiger partial charge in [-0.05, 0) is 37.3 Å². The van der Waals surface area contributed by atoms with Gasteiger partial charge >= 0.3 is 0 Å². The largest absolute Gasteiger partial charge is 0.325 e. The summed E-state index contributed by atoms with van der Waals surface area (Å²) < 4.78 is 25.1. The van der Waals surface area contributed by atoms with E-state index in [9.17, 15) is 13.2 Å². The lowest BCUT2D eigenvalue weighted by molar-refractivity contribution is -0.113. The van der Waals surface area contributed by atoms with E-state index in [-0.39, 0.29) is 29.1 Å². The molecule has 0 aliphatic carbocycles. The SMILES string of the molecule is Cc1cccc(C)c1NC(=O)CSc1nnc(C[C@@H]2CCS(=O)(=O)C2)n1C. The first-order chi connectivity index (χ1) is 12.7. The van der Waals surface area contributed by atoms with Crippen LogP contribution in [0, 0.1) is 19.8 Å². The number of nitrogens with zero attached hydrogens (tertiary/aromatic N) is 3. The molecule has 1 aliphatic heterocycles. The maximum atomic E-state index is 12.3. The van der Waals surface area contributed by atoms with Gasteiger partial charge in [0.05, 0.1) is 17.3 Å². The molecule has 1 aliphatic rings. The molecule has 1 aromatic heterocycles. The number of carbonyl (C=O) groups excluding carboxylic acids is 1. The van der Waals surface area contributed by atoms with Crippen molar-refractivity contribution in [2.45, 2.75) is 31.8 Å². The number of anilines is 1. The Morgan fingerprint density at radius 2 is 2.00 bits per heavy atom. The van der Waals surface area contributed by atoms with Crippen LogP contribution in [0.5, 0.6) is 0 Å². The van der Waals surface area contributed by atoms with Gasteiger partial charge in [-0.1, -0.05) is 30.0 Å². The fourth-order valence-corrected chi connectivity index (χ4v) is 5.85. The number of aryl methyl sites for hydroxylation is 2. The molecule has 27 heavy (non-hydrogen) atoms. The number of para-hydroxylation sites is 1. The third-order valence-corrected chi connectivity index (χ3v) is 7.66. The third kappa shape index (κ3) is 4.90. The normalized spacial score (nSPS) is 18.6. The van der Waals surface area contributed by atoms with E-state index >= 15 is 0 Å². The van der Waals surface area contributed by atoms with E-state index in [2.05, 4.69) is 15.5 Å². The number of thioether (sulfide) groups is 1. The van der Waals surface area contributed by atoms with Crippen LogP contribution in [0.15, 0.2) is 23.4 Å². The van der Waals surface area contributed by atoms with E-state index in [4.69, 9.17) is 0 Å². The molecular weight excluding hydrogens is 384 g/mol. The summed E-state index contributed by atoms with van der Waals surface area (Å²) in [5.41, 5.74) is 2.91. The topological polar surface area (TPSA) is 94.0 Å². The second-order valence-electron chi connectivity index (χ2n) is 7.03. The summed E-state index contributed by atoms with van der Waals surface area (Å²) in [6.45, 7) is 3.93. The van der Waals surface area contributed by atoms with Crippen molar-refractivity contribution >= 4 is 33.2 Å². The molecule has 146 valence electrons. The van der Waals surface area contributed by atoms with Crippen molar-refractivity contribution in [1.29, 1.82) is 0 Å². The van der Waals surface area contributed by atoms with E-state index in [1.165, 1.54) is 11.8 Å². The molecule has 0 spiro atoms. The minimum atomic E-state index is -2.90. The number of nitrogens with one attached hydrogen (secondary N) is 1. The maximum absolute atomic E-state index is 12.3. The molecular formula is C18H24N4O3S2. The summed E-state index contributed by atoms with van der Waals surface area (Å²) in [5, 5.41) is 12.0. The number of hydrogen-bond acceptors (Lipinski definition) is 6. The van der Waals surface area contributed by atoms with Crippen molar-refractivity contribution in [3.8, 4) is 0 Å². The van der Waals surface area contributed by atoms with Gasteiger partial charge in [0.15, 0.2) is 15.0 Å². The molecule has 9 heteroatoms. The van der Waals surface area contributed by atoms with E-state index in [0.29, 0.717) is 18.0 Å². The summed E-state index contributed by atoms with van der Waals surface area (Å²) >= 11 is 1.32. The Bertz CT molecular complexity index is 933. The van der Waals surface area contributed by atoms with Crippen LogP contribution in [0.4, 0.5) is 5.69 Å². The zero-order valence-electron chi connectivity index (χ0n) is 15.7. The third-order valence-electron chi connectivity index (χ3n) is 4.80. The molecule has 3 rings (SSSR count). The van der Waals surface area contributed by atoms with Crippen molar-refractivity contribution in [1.82, 2.24) is 14.8 Å². The average molecular weight is 409 g/mol. The monoisotopic (exact) mass is 408 g/mol. The molecule has 1 atom stereocenters. The highest BCUT2D eigenvalue weighted by molar-refractivity contribution is 7.99. The number of benzene rings is 1. The predicted octanol–water partition coefficient (Wildman–Crippen LogP) is 2.14. The molecule has 1 saturated heterocycles. The number of hydrogen-bond donors (Lipinski definition) is 1. The lowest BCUT2D eigenvalue weighted by Gasteiger charge is -2.11. The minimum Gasteiger partial charge on any atom is -0.325 e. The Balaban J connectivity index is 1.57. The first-order valence-electron chi connectivity index (χ1n) is 8.83. The highest BCUT2D eigenvalue weighted by Crippen LogP contribution is 2.24. The molecule has 0 bridgehead atoms. The van der Waals surface area contributed by atoms with Crippen LogP contribution in [-0.4, -0.2) is 46.3 Å². The molecule has 1 fully saturated rings. The Morgan fingerprint density at radius 3 is 2.63 bits per heavy atom. The van der Waals surface area contributed by atoms with Crippen LogP contribution in [0.25, 0.3) is 0 Å². The van der Waals surface area contributed by atoms with Crippen LogP contribution in [0.1, 0.15) is 23.4 Å². The Hall–Kier alpha value is -1.87. The number of aromatic nitrogens is 3. The van der Waals surface area contributed by atoms with Gasteiger partial charge in [-0.25, -0.2) is 8.42 Å². The number of rotatable bonds is 6. The number of amides is 1. The molecule has 0 unspecified atom stereocenters. The standard InChI is InChI=1S/C18H24N4O3S2/c1-12-5-4-6-13(2)17(12)19-16(23)10-26-18-21-20-15(22(18)3)9-14-7-8-27(24,25)11-14/h4-6,14H,7-11H2,1-3H3,(H,19,23)/t14-/m0/s1. The lowest BCUT2D eigenvalue weighted by Crippen LogP contribution is -2.16. The Kier molecular flexibility index (Phi) is 5.90. The van der Waals surface area contributed by atoms with E-state index in [0.717, 1.165) is 22.6 Å². The van der Waals surface area contributed by atoms with Crippen LogP contribution in [-0.2, 0) is 28.1 Å². The lowest BCUT2D eigenvalue weighted by atomic mass is 10.1. The molecule has 1 N–H and O–H groups in total. The van der Waals surface area contributed by atoms with Crippen molar-refractivity contribution in [3.05, 3.63) is 35.2 Å². The van der Waals surface area contributed by atoms with Gasteiger partial charge in [0.2, 0.25) is 5.91 Å². The zero-order valence-corrected chi connectivity index (χ0v) is 17.4. The van der Waals surface area contributed by atoms with Gasteiger partial charge in [0.25, 0.3) is 0 Å². The van der Waals surface area contributed by atoms with Crippen LogP contribution < -0.4 is 5.32 Å². The van der Waals surface area contributed by atoms with Gasteiger partial charge in [-0.3, -0.25) is 4.79 Å². The fraction of sp³-hybridized carbons (Fsp3) is 0.500. The van der Waals surface area contributed by atoms with Gasteiger partial charge in [0.1, 0.15) is 5.82 Å². The van der Waals surface area contributed by atoms with E-state index in [1.807, 2.05) is 43.7 Å². The van der Waals surface area contributed by atoms with Crippen molar-refractivity contribution < 1.29 is 13.2 Å². The van der Waals surface area contributed by atoms with Gasteiger partial charge in [-0.2, -0.15) is 0 Å². The Morgan fingerprint density at radius 1 is 1.30 bits per heavy atom. The smallest absolute Gasteiger partial charge is 0.234 e. The van der Waals surface area contributed by atoms with E-state index in [1.54, 1.807) is 0 Å². The molecule has 2 heterocycles. The fourth-order valence-electron chi connectivity index (χ4n) is 3.26. The summed E-state index contributed by atoms with van der Waals surface area (Å²) in [7, 11) is -1.04. The summed E-state index contributed by atoms with van der Waals surface area (Å²) in [4.78, 5) is 12.3. The molecule has 1 amide bonds. The molecule has 1 aromatic carbocycles. The second kappa shape index (κ2) is 8.02. The quantitative estimate of drug-likeness (QED) is 0.736. The second-order valence-corrected chi connectivity index (χ2v) is 10.2. The van der Waals surface area contributed by atoms with Crippen LogP contribution in [0.3, 0.4) is 0 Å².